The summed E-state index contributed by atoms with van der Waals surface area (Å²) in [5.41, 5.74) is 1.11. The Morgan fingerprint density at radius 2 is 2.12 bits per heavy atom. The summed E-state index contributed by atoms with van der Waals surface area (Å²) < 4.78 is 7.00. The van der Waals surface area contributed by atoms with Gasteiger partial charge in [0.05, 0.1) is 21.3 Å². The molecule has 0 aliphatic carbocycles. The number of thiazole rings is 1. The molecule has 0 amide bonds. The Balaban J connectivity index is 0.00000243. The molecule has 2 aromatic rings. The largest absolute Gasteiger partial charge is 0.378 e. The fraction of sp³-hybridized carbons (Fsp3) is 0.579. The van der Waals surface area contributed by atoms with Gasteiger partial charge in [0.1, 0.15) is 0 Å². The molecule has 7 heteroatoms. The number of aryl methyl sites for hydroxylation is 1. The number of aliphatic imine (C=N–C) groups is 1. The fourth-order valence-corrected chi connectivity index (χ4v) is 4.28. The third-order valence-corrected chi connectivity index (χ3v) is 5.64. The molecule has 1 aliphatic heterocycles. The lowest BCUT2D eigenvalue weighted by Gasteiger charge is -2.34. The maximum atomic E-state index is 5.72. The Hall–Kier alpha value is -0.930. The second-order valence-corrected chi connectivity index (χ2v) is 7.41. The van der Waals surface area contributed by atoms with Gasteiger partial charge in [0.25, 0.3) is 0 Å². The molecule has 1 N–H and O–H groups in total. The second-order valence-electron chi connectivity index (χ2n) is 6.29. The highest BCUT2D eigenvalue weighted by molar-refractivity contribution is 14.0. The van der Waals surface area contributed by atoms with Crippen LogP contribution in [-0.4, -0.2) is 55.2 Å². The quantitative estimate of drug-likeness (QED) is 0.290. The van der Waals surface area contributed by atoms with Crippen molar-refractivity contribution in [2.45, 2.75) is 38.7 Å². The van der Waals surface area contributed by atoms with Gasteiger partial charge in [-0.2, -0.15) is 0 Å². The maximum absolute atomic E-state index is 5.72. The molecule has 0 bridgehead atoms. The van der Waals surface area contributed by atoms with Gasteiger partial charge in [0, 0.05) is 39.7 Å². The van der Waals surface area contributed by atoms with E-state index >= 15 is 0 Å². The number of piperidine rings is 1. The first kappa shape index (κ1) is 21.4. The summed E-state index contributed by atoms with van der Waals surface area (Å²) in [4.78, 5) is 11.5. The minimum Gasteiger partial charge on any atom is -0.378 e. The monoisotopic (exact) mass is 488 g/mol. The zero-order chi connectivity index (χ0) is 17.5. The predicted molar refractivity (Wildman–Crippen MR) is 121 cm³/mol. The highest BCUT2D eigenvalue weighted by Crippen LogP contribution is 2.22. The Kier molecular flexibility index (Phi) is 9.07. The number of benzene rings is 1. The van der Waals surface area contributed by atoms with Gasteiger partial charge < -0.3 is 15.0 Å². The van der Waals surface area contributed by atoms with E-state index in [1.165, 1.54) is 9.71 Å². The molecular weight excluding hydrogens is 459 g/mol. The molecule has 1 saturated heterocycles. The maximum Gasteiger partial charge on any atom is 0.193 e. The average molecular weight is 488 g/mol. The van der Waals surface area contributed by atoms with Crippen molar-refractivity contribution in [1.29, 1.82) is 0 Å². The van der Waals surface area contributed by atoms with E-state index < -0.39 is 0 Å². The van der Waals surface area contributed by atoms with Gasteiger partial charge >= 0.3 is 0 Å². The summed E-state index contributed by atoms with van der Waals surface area (Å²) in [5, 5.41) is 4.72. The first-order valence-electron chi connectivity index (χ1n) is 9.21. The smallest absolute Gasteiger partial charge is 0.193 e. The summed E-state index contributed by atoms with van der Waals surface area (Å²) in [6, 6.07) is 8.35. The van der Waals surface area contributed by atoms with Crippen LogP contribution in [0.2, 0.25) is 0 Å². The number of hydrogen-bond acceptors (Lipinski definition) is 4. The average Bonchev–Trinajstić information content (AvgIpc) is 3.06. The van der Waals surface area contributed by atoms with Crippen molar-refractivity contribution in [2.24, 2.45) is 4.99 Å². The molecule has 144 valence electrons. The number of halogens is 1. The summed E-state index contributed by atoms with van der Waals surface area (Å²) in [6.45, 7) is 5.83. The van der Waals surface area contributed by atoms with E-state index in [-0.39, 0.29) is 24.0 Å². The van der Waals surface area contributed by atoms with Crippen LogP contribution in [0.3, 0.4) is 0 Å². The van der Waals surface area contributed by atoms with Crippen LogP contribution < -0.4 is 5.32 Å². The number of nitrogens with one attached hydrogen (secondary N) is 1. The number of ether oxygens (including phenoxy) is 1. The molecule has 1 fully saturated rings. The predicted octanol–water partition coefficient (Wildman–Crippen LogP) is 3.92. The Morgan fingerprint density at radius 3 is 2.81 bits per heavy atom. The minimum absolute atomic E-state index is 0. The van der Waals surface area contributed by atoms with E-state index in [0.29, 0.717) is 6.10 Å². The van der Waals surface area contributed by atoms with E-state index in [4.69, 9.17) is 9.72 Å². The number of aromatic nitrogens is 1. The Morgan fingerprint density at radius 1 is 1.35 bits per heavy atom. The van der Waals surface area contributed by atoms with Gasteiger partial charge in [-0.25, -0.2) is 4.98 Å². The van der Waals surface area contributed by atoms with Crippen LogP contribution >= 0.6 is 35.3 Å². The van der Waals surface area contributed by atoms with E-state index in [1.807, 2.05) is 13.1 Å². The van der Waals surface area contributed by atoms with Gasteiger partial charge in [0.15, 0.2) is 5.96 Å². The van der Waals surface area contributed by atoms with Crippen molar-refractivity contribution in [1.82, 2.24) is 15.2 Å². The van der Waals surface area contributed by atoms with Crippen LogP contribution in [0.1, 0.15) is 31.2 Å². The fourth-order valence-electron chi connectivity index (χ4n) is 3.27. The summed E-state index contributed by atoms with van der Waals surface area (Å²) in [5.74, 6) is 1.01. The second kappa shape index (κ2) is 11.0. The first-order valence-corrected chi connectivity index (χ1v) is 10.0. The third-order valence-electron chi connectivity index (χ3n) is 4.54. The molecule has 1 aromatic heterocycles. The van der Waals surface area contributed by atoms with Crippen molar-refractivity contribution < 1.29 is 4.74 Å². The van der Waals surface area contributed by atoms with Gasteiger partial charge in [-0.1, -0.05) is 12.1 Å². The molecule has 2 heterocycles. The standard InChI is InChI=1S/C19H28N4OS.HI/c1-3-24-15-10-13-23(14-11-15)19(20-2)21-12-6-9-18-22-16-7-4-5-8-17(16)25-18;/h4-5,7-8,15H,3,6,9-14H2,1-2H3,(H,20,21);1H. The molecule has 0 spiro atoms. The molecular formula is C19H29IN4OS. The molecule has 0 radical (unpaired) electrons. The number of nitrogens with zero attached hydrogens (tertiary/aromatic N) is 3. The summed E-state index contributed by atoms with van der Waals surface area (Å²) in [7, 11) is 1.87. The van der Waals surface area contributed by atoms with Crippen LogP contribution in [0, 0.1) is 0 Å². The minimum atomic E-state index is 0. The molecule has 0 atom stereocenters. The van der Waals surface area contributed by atoms with Crippen LogP contribution in [0.4, 0.5) is 0 Å². The van der Waals surface area contributed by atoms with Gasteiger partial charge in [0.2, 0.25) is 0 Å². The summed E-state index contributed by atoms with van der Waals surface area (Å²) >= 11 is 1.80. The van der Waals surface area contributed by atoms with Gasteiger partial charge in [-0.15, -0.1) is 35.3 Å². The van der Waals surface area contributed by atoms with Crippen LogP contribution in [-0.2, 0) is 11.2 Å². The van der Waals surface area contributed by atoms with E-state index in [0.717, 1.165) is 63.4 Å². The lowest BCUT2D eigenvalue weighted by molar-refractivity contribution is 0.0264. The third kappa shape index (κ3) is 5.79. The lowest BCUT2D eigenvalue weighted by Crippen LogP contribution is -2.47. The topological polar surface area (TPSA) is 49.8 Å². The number of rotatable bonds is 6. The van der Waals surface area contributed by atoms with Gasteiger partial charge in [-0.05, 0) is 38.3 Å². The highest BCUT2D eigenvalue weighted by atomic mass is 127. The van der Waals surface area contributed by atoms with Crippen molar-refractivity contribution in [3.63, 3.8) is 0 Å². The number of fused-ring (bicyclic) bond motifs is 1. The molecule has 0 saturated carbocycles. The number of guanidine groups is 1. The van der Waals surface area contributed by atoms with Crippen LogP contribution in [0.25, 0.3) is 10.2 Å². The van der Waals surface area contributed by atoms with Crippen molar-refractivity contribution in [2.75, 3.05) is 33.3 Å². The molecule has 5 nitrogen and oxygen atoms in total. The van der Waals surface area contributed by atoms with E-state index in [1.54, 1.807) is 11.3 Å². The molecule has 3 rings (SSSR count). The highest BCUT2D eigenvalue weighted by Gasteiger charge is 2.21. The van der Waals surface area contributed by atoms with Crippen LogP contribution in [0.15, 0.2) is 29.3 Å². The molecule has 26 heavy (non-hydrogen) atoms. The van der Waals surface area contributed by atoms with Crippen LogP contribution in [0.5, 0.6) is 0 Å². The van der Waals surface area contributed by atoms with Gasteiger partial charge in [-0.3, -0.25) is 4.99 Å². The number of hydrogen-bond donors (Lipinski definition) is 1. The van der Waals surface area contributed by atoms with E-state index in [2.05, 4.69) is 40.3 Å². The molecule has 1 aromatic carbocycles. The van der Waals surface area contributed by atoms with Crippen molar-refractivity contribution in [3.8, 4) is 0 Å². The Labute approximate surface area is 177 Å². The summed E-state index contributed by atoms with van der Waals surface area (Å²) in [6.07, 6.45) is 4.66. The van der Waals surface area contributed by atoms with Crippen molar-refractivity contribution in [3.05, 3.63) is 29.3 Å². The molecule has 1 aliphatic rings. The number of likely N-dealkylation sites (tertiary alicyclic amines) is 1. The van der Waals surface area contributed by atoms with E-state index in [9.17, 15) is 0 Å². The lowest BCUT2D eigenvalue weighted by atomic mass is 10.1. The number of para-hydroxylation sites is 1. The van der Waals surface area contributed by atoms with Crippen molar-refractivity contribution >= 4 is 51.5 Å². The Bertz CT molecular complexity index is 665. The molecule has 0 unspecified atom stereocenters. The SMILES string of the molecule is CCOC1CCN(C(=NC)NCCCc2nc3ccccc3s2)CC1.I. The first-order chi connectivity index (χ1) is 12.3. The zero-order valence-corrected chi connectivity index (χ0v) is 18.8. The normalized spacial score (nSPS) is 15.9. The zero-order valence-electron chi connectivity index (χ0n) is 15.6.